The molecule has 82 valence electrons. The highest BCUT2D eigenvalue weighted by atomic mass is 16.1. The second kappa shape index (κ2) is 5.62. The summed E-state index contributed by atoms with van der Waals surface area (Å²) in [4.78, 5) is 15.2. The van der Waals surface area contributed by atoms with Crippen LogP contribution in [0.15, 0.2) is 4.99 Å². The molecule has 0 aliphatic carbocycles. The van der Waals surface area contributed by atoms with Crippen molar-refractivity contribution in [3.05, 3.63) is 0 Å². The number of hydrogen-bond acceptors (Lipinski definition) is 2. The molecule has 0 bridgehead atoms. The van der Waals surface area contributed by atoms with Crippen molar-refractivity contribution in [3.8, 4) is 0 Å². The average molecular weight is 199 g/mol. The lowest BCUT2D eigenvalue weighted by Gasteiger charge is -2.17. The molecule has 0 spiro atoms. The molecule has 0 atom stereocenters. The van der Waals surface area contributed by atoms with Crippen molar-refractivity contribution in [1.29, 1.82) is 0 Å². The molecule has 4 heteroatoms. The van der Waals surface area contributed by atoms with E-state index in [-0.39, 0.29) is 17.9 Å². The van der Waals surface area contributed by atoms with Crippen LogP contribution >= 0.6 is 0 Å². The molecular weight excluding hydrogens is 178 g/mol. The summed E-state index contributed by atoms with van der Waals surface area (Å²) in [6, 6.07) is 0. The van der Waals surface area contributed by atoms with Crippen molar-refractivity contribution in [3.63, 3.8) is 0 Å². The second-order valence-electron chi connectivity index (χ2n) is 4.30. The van der Waals surface area contributed by atoms with E-state index >= 15 is 0 Å². The highest BCUT2D eigenvalue weighted by Gasteiger charge is 2.15. The molecule has 0 aromatic heterocycles. The summed E-state index contributed by atoms with van der Waals surface area (Å²) in [7, 11) is 0. The molecule has 0 saturated carbocycles. The van der Waals surface area contributed by atoms with Crippen LogP contribution in [0.1, 0.15) is 34.1 Å². The van der Waals surface area contributed by atoms with Crippen LogP contribution < -0.4 is 11.1 Å². The van der Waals surface area contributed by atoms with Crippen LogP contribution in [0.3, 0.4) is 0 Å². The van der Waals surface area contributed by atoms with Crippen molar-refractivity contribution in [2.24, 2.45) is 16.1 Å². The fourth-order valence-corrected chi connectivity index (χ4v) is 0.714. The second-order valence-corrected chi connectivity index (χ2v) is 4.30. The van der Waals surface area contributed by atoms with E-state index in [9.17, 15) is 4.79 Å². The molecule has 0 rings (SSSR count). The highest BCUT2D eigenvalue weighted by Crippen LogP contribution is 2.12. The Kier molecular flexibility index (Phi) is 5.20. The minimum Gasteiger partial charge on any atom is -0.387 e. The van der Waals surface area contributed by atoms with Gasteiger partial charge in [0.05, 0.1) is 5.84 Å². The Balaban J connectivity index is 3.97. The Labute approximate surface area is 86.0 Å². The van der Waals surface area contributed by atoms with E-state index < -0.39 is 0 Å². The van der Waals surface area contributed by atoms with E-state index in [1.165, 1.54) is 0 Å². The third-order valence-corrected chi connectivity index (χ3v) is 1.73. The minimum absolute atomic E-state index is 0.0703. The lowest BCUT2D eigenvalue weighted by atomic mass is 9.95. The molecule has 0 fully saturated rings. The van der Waals surface area contributed by atoms with E-state index in [0.717, 1.165) is 6.42 Å². The van der Waals surface area contributed by atoms with Crippen LogP contribution in [-0.4, -0.2) is 24.8 Å². The van der Waals surface area contributed by atoms with Crippen molar-refractivity contribution in [1.82, 2.24) is 5.32 Å². The number of nitrogens with one attached hydrogen (secondary N) is 1. The summed E-state index contributed by atoms with van der Waals surface area (Å²) in [5.41, 5.74) is 5.54. The fourth-order valence-electron chi connectivity index (χ4n) is 0.714. The van der Waals surface area contributed by atoms with Crippen molar-refractivity contribution < 1.29 is 4.79 Å². The minimum atomic E-state index is -0.162. The summed E-state index contributed by atoms with van der Waals surface area (Å²) in [5, 5.41) is 2.74. The third-order valence-electron chi connectivity index (χ3n) is 1.73. The quantitative estimate of drug-likeness (QED) is 0.522. The molecule has 0 radical (unpaired) electrons. The summed E-state index contributed by atoms with van der Waals surface area (Å²) < 4.78 is 0. The normalized spacial score (nSPS) is 12.7. The SMILES string of the molecule is CCCNC(=O)CN=C(N)C(C)(C)C. The third kappa shape index (κ3) is 5.56. The Morgan fingerprint density at radius 2 is 2.00 bits per heavy atom. The zero-order valence-corrected chi connectivity index (χ0v) is 9.55. The largest absolute Gasteiger partial charge is 0.387 e. The van der Waals surface area contributed by atoms with Crippen LogP contribution in [0.25, 0.3) is 0 Å². The summed E-state index contributed by atoms with van der Waals surface area (Å²) in [5.74, 6) is 0.447. The van der Waals surface area contributed by atoms with Gasteiger partial charge in [0.1, 0.15) is 6.54 Å². The standard InChI is InChI=1S/C10H21N3O/c1-5-6-12-8(14)7-13-9(11)10(2,3)4/h5-7H2,1-4H3,(H2,11,13)(H,12,14). The van der Waals surface area contributed by atoms with Gasteiger partial charge in [0, 0.05) is 12.0 Å². The molecule has 0 heterocycles. The molecular formula is C10H21N3O. The van der Waals surface area contributed by atoms with Crippen molar-refractivity contribution in [2.45, 2.75) is 34.1 Å². The highest BCUT2D eigenvalue weighted by molar-refractivity contribution is 5.88. The molecule has 14 heavy (non-hydrogen) atoms. The first-order valence-electron chi connectivity index (χ1n) is 4.95. The fraction of sp³-hybridized carbons (Fsp3) is 0.800. The molecule has 3 N–H and O–H groups in total. The van der Waals surface area contributed by atoms with Crippen LogP contribution in [0.2, 0.25) is 0 Å². The van der Waals surface area contributed by atoms with Gasteiger partial charge < -0.3 is 11.1 Å². The Morgan fingerprint density at radius 3 is 2.43 bits per heavy atom. The Morgan fingerprint density at radius 1 is 1.43 bits per heavy atom. The number of rotatable bonds is 4. The number of nitrogens with zero attached hydrogens (tertiary/aromatic N) is 1. The topological polar surface area (TPSA) is 67.5 Å². The molecule has 0 aromatic carbocycles. The van der Waals surface area contributed by atoms with Gasteiger partial charge in [0.25, 0.3) is 0 Å². The monoisotopic (exact) mass is 199 g/mol. The zero-order chi connectivity index (χ0) is 11.2. The average Bonchev–Trinajstić information content (AvgIpc) is 2.09. The lowest BCUT2D eigenvalue weighted by Crippen LogP contribution is -2.32. The number of nitrogens with two attached hydrogens (primary N) is 1. The number of aliphatic imine (C=N–C) groups is 1. The Bertz CT molecular complexity index is 216. The lowest BCUT2D eigenvalue weighted by molar-refractivity contribution is -0.119. The van der Waals surface area contributed by atoms with Crippen molar-refractivity contribution in [2.75, 3.05) is 13.1 Å². The van der Waals surface area contributed by atoms with Crippen LogP contribution in [0.4, 0.5) is 0 Å². The molecule has 4 nitrogen and oxygen atoms in total. The van der Waals surface area contributed by atoms with Gasteiger partial charge >= 0.3 is 0 Å². The predicted molar refractivity (Wildman–Crippen MR) is 59.2 cm³/mol. The molecule has 0 saturated heterocycles. The van der Waals surface area contributed by atoms with Gasteiger partial charge in [-0.3, -0.25) is 9.79 Å². The van der Waals surface area contributed by atoms with Crippen molar-refractivity contribution >= 4 is 11.7 Å². The van der Waals surface area contributed by atoms with E-state index in [2.05, 4.69) is 10.3 Å². The van der Waals surface area contributed by atoms with Gasteiger partial charge in [0.15, 0.2) is 0 Å². The van der Waals surface area contributed by atoms with Gasteiger partial charge in [-0.15, -0.1) is 0 Å². The first kappa shape index (κ1) is 12.9. The number of amidine groups is 1. The van der Waals surface area contributed by atoms with Gasteiger partial charge in [-0.05, 0) is 6.42 Å². The smallest absolute Gasteiger partial charge is 0.241 e. The maximum absolute atomic E-state index is 11.2. The van der Waals surface area contributed by atoms with Gasteiger partial charge in [-0.2, -0.15) is 0 Å². The van der Waals surface area contributed by atoms with Gasteiger partial charge in [-0.1, -0.05) is 27.7 Å². The van der Waals surface area contributed by atoms with E-state index in [1.54, 1.807) is 0 Å². The number of carbonyl (C=O) groups is 1. The number of carbonyl (C=O) groups excluding carboxylic acids is 1. The van der Waals surface area contributed by atoms with Gasteiger partial charge in [0.2, 0.25) is 5.91 Å². The molecule has 1 amide bonds. The number of hydrogen-bond donors (Lipinski definition) is 2. The van der Waals surface area contributed by atoms with Crippen LogP contribution in [-0.2, 0) is 4.79 Å². The van der Waals surface area contributed by atoms with Gasteiger partial charge in [-0.25, -0.2) is 0 Å². The van der Waals surface area contributed by atoms with E-state index in [1.807, 2.05) is 27.7 Å². The Hall–Kier alpha value is -1.06. The maximum atomic E-state index is 11.2. The summed E-state index contributed by atoms with van der Waals surface area (Å²) in [6.45, 7) is 8.74. The number of amides is 1. The summed E-state index contributed by atoms with van der Waals surface area (Å²) in [6.07, 6.45) is 0.935. The van der Waals surface area contributed by atoms with E-state index in [0.29, 0.717) is 12.4 Å². The predicted octanol–water partition coefficient (Wildman–Crippen LogP) is 0.916. The van der Waals surface area contributed by atoms with Crippen LogP contribution in [0.5, 0.6) is 0 Å². The molecule has 0 aliphatic heterocycles. The first-order valence-corrected chi connectivity index (χ1v) is 4.95. The first-order chi connectivity index (χ1) is 6.38. The maximum Gasteiger partial charge on any atom is 0.241 e. The molecule has 0 unspecified atom stereocenters. The molecule has 0 aromatic rings. The zero-order valence-electron chi connectivity index (χ0n) is 9.55. The van der Waals surface area contributed by atoms with Crippen LogP contribution in [0, 0.1) is 5.41 Å². The molecule has 0 aliphatic rings. The summed E-state index contributed by atoms with van der Waals surface area (Å²) >= 11 is 0. The van der Waals surface area contributed by atoms with E-state index in [4.69, 9.17) is 5.73 Å².